The zero-order valence-corrected chi connectivity index (χ0v) is 18.2. The van der Waals surface area contributed by atoms with Crippen molar-refractivity contribution in [3.8, 4) is 11.5 Å². The summed E-state index contributed by atoms with van der Waals surface area (Å²) in [5.74, 6) is -0.199. The van der Waals surface area contributed by atoms with Gasteiger partial charge in [0.1, 0.15) is 23.7 Å². The summed E-state index contributed by atoms with van der Waals surface area (Å²) in [6.45, 7) is 2.46. The quantitative estimate of drug-likeness (QED) is 0.456. The van der Waals surface area contributed by atoms with Crippen LogP contribution in [0.15, 0.2) is 78.4 Å². The largest absolute Gasteiger partial charge is 0.497 e. The number of benzene rings is 3. The fourth-order valence-corrected chi connectivity index (χ4v) is 3.30. The van der Waals surface area contributed by atoms with Gasteiger partial charge in [0.15, 0.2) is 0 Å². The second-order valence-corrected chi connectivity index (χ2v) is 7.50. The minimum atomic E-state index is -0.799. The van der Waals surface area contributed by atoms with Crippen LogP contribution < -0.4 is 19.7 Å². The summed E-state index contributed by atoms with van der Waals surface area (Å²) in [6, 6.07) is 20.7. The number of aryl methyl sites for hydroxylation is 1. The lowest BCUT2D eigenvalue weighted by atomic mass is 10.1. The predicted molar refractivity (Wildman–Crippen MR) is 124 cm³/mol. The Balaban J connectivity index is 1.50. The summed E-state index contributed by atoms with van der Waals surface area (Å²) >= 11 is 0. The van der Waals surface area contributed by atoms with E-state index in [0.717, 1.165) is 10.5 Å². The van der Waals surface area contributed by atoms with Gasteiger partial charge >= 0.3 is 6.03 Å². The Labute approximate surface area is 191 Å². The molecule has 0 bridgehead atoms. The van der Waals surface area contributed by atoms with Crippen molar-refractivity contribution >= 4 is 29.6 Å². The van der Waals surface area contributed by atoms with Gasteiger partial charge in [0, 0.05) is 0 Å². The molecule has 0 unspecified atom stereocenters. The van der Waals surface area contributed by atoms with E-state index in [-0.39, 0.29) is 5.57 Å². The highest BCUT2D eigenvalue weighted by molar-refractivity contribution is 6.39. The van der Waals surface area contributed by atoms with E-state index in [1.165, 1.54) is 18.7 Å². The van der Waals surface area contributed by atoms with Gasteiger partial charge in [-0.3, -0.25) is 14.9 Å². The van der Waals surface area contributed by atoms with Crippen LogP contribution >= 0.6 is 0 Å². The zero-order valence-electron chi connectivity index (χ0n) is 18.2. The standard InChI is InChI=1S/C26H22N2O5/c1-17-3-5-19(6-4-17)16-33-22-11-7-18(8-12-22)15-23-24(29)27-26(31)28(25(23)30)20-9-13-21(32-2)14-10-20/h3-15H,16H2,1-2H3,(H,27,29,31)/b23-15+. The number of carbonyl (C=O) groups excluding carboxylic acids is 3. The fourth-order valence-electron chi connectivity index (χ4n) is 3.30. The number of urea groups is 1. The fraction of sp³-hybridized carbons (Fsp3) is 0.115. The van der Waals surface area contributed by atoms with Crippen molar-refractivity contribution in [3.63, 3.8) is 0 Å². The number of nitrogens with one attached hydrogen (secondary N) is 1. The maximum absolute atomic E-state index is 13.0. The van der Waals surface area contributed by atoms with Crippen molar-refractivity contribution < 1.29 is 23.9 Å². The number of barbiturate groups is 1. The SMILES string of the molecule is COc1ccc(N2C(=O)NC(=O)/C(=C\c3ccc(OCc4ccc(C)cc4)cc3)C2=O)cc1. The highest BCUT2D eigenvalue weighted by Gasteiger charge is 2.36. The maximum atomic E-state index is 13.0. The molecule has 3 aromatic rings. The van der Waals surface area contributed by atoms with Gasteiger partial charge in [-0.15, -0.1) is 0 Å². The third-order valence-corrected chi connectivity index (χ3v) is 5.15. The number of anilines is 1. The number of methoxy groups -OCH3 is 1. The Morgan fingerprint density at radius 1 is 0.848 bits per heavy atom. The summed E-state index contributed by atoms with van der Waals surface area (Å²) in [4.78, 5) is 38.6. The number of carbonyl (C=O) groups is 3. The van der Waals surface area contributed by atoms with E-state index < -0.39 is 17.8 Å². The second kappa shape index (κ2) is 9.40. The first-order valence-corrected chi connectivity index (χ1v) is 10.3. The summed E-state index contributed by atoms with van der Waals surface area (Å²) in [6.07, 6.45) is 1.45. The summed E-state index contributed by atoms with van der Waals surface area (Å²) < 4.78 is 10.9. The van der Waals surface area contributed by atoms with Gasteiger partial charge in [0.25, 0.3) is 11.8 Å². The molecule has 0 spiro atoms. The van der Waals surface area contributed by atoms with Crippen LogP contribution in [0, 0.1) is 6.92 Å². The zero-order chi connectivity index (χ0) is 23.4. The monoisotopic (exact) mass is 442 g/mol. The van der Waals surface area contributed by atoms with E-state index in [1.807, 2.05) is 31.2 Å². The number of rotatable bonds is 6. The molecule has 33 heavy (non-hydrogen) atoms. The average molecular weight is 442 g/mol. The van der Waals surface area contributed by atoms with E-state index in [0.29, 0.717) is 29.4 Å². The molecule has 1 aliphatic rings. The molecular weight excluding hydrogens is 420 g/mol. The molecule has 166 valence electrons. The van der Waals surface area contributed by atoms with Gasteiger partial charge in [0.2, 0.25) is 0 Å². The Morgan fingerprint density at radius 2 is 1.48 bits per heavy atom. The molecule has 0 aromatic heterocycles. The van der Waals surface area contributed by atoms with Gasteiger partial charge in [-0.05, 0) is 60.5 Å². The number of nitrogens with zero attached hydrogens (tertiary/aromatic N) is 1. The van der Waals surface area contributed by atoms with Crippen LogP contribution in [-0.2, 0) is 16.2 Å². The number of amides is 4. The first-order valence-electron chi connectivity index (χ1n) is 10.3. The molecule has 0 radical (unpaired) electrons. The van der Waals surface area contributed by atoms with E-state index in [9.17, 15) is 14.4 Å². The molecule has 1 heterocycles. The molecule has 3 aromatic carbocycles. The highest BCUT2D eigenvalue weighted by atomic mass is 16.5. The van der Waals surface area contributed by atoms with Crippen LogP contribution in [-0.4, -0.2) is 25.0 Å². The molecule has 1 saturated heterocycles. The van der Waals surface area contributed by atoms with Gasteiger partial charge in [-0.2, -0.15) is 0 Å². The van der Waals surface area contributed by atoms with Crippen LogP contribution in [0.4, 0.5) is 10.5 Å². The van der Waals surface area contributed by atoms with Gasteiger partial charge in [-0.25, -0.2) is 9.69 Å². The van der Waals surface area contributed by atoms with Crippen LogP contribution in [0.5, 0.6) is 11.5 Å². The first-order chi connectivity index (χ1) is 15.9. The van der Waals surface area contributed by atoms with Crippen LogP contribution in [0.3, 0.4) is 0 Å². The summed E-state index contributed by atoms with van der Waals surface area (Å²) in [5.41, 5.74) is 3.06. The van der Waals surface area contributed by atoms with Gasteiger partial charge in [0.05, 0.1) is 12.8 Å². The molecule has 0 atom stereocenters. The molecule has 1 aliphatic heterocycles. The van der Waals surface area contributed by atoms with Gasteiger partial charge in [-0.1, -0.05) is 42.0 Å². The van der Waals surface area contributed by atoms with Crippen molar-refractivity contribution in [3.05, 3.63) is 95.1 Å². The third kappa shape index (κ3) is 4.93. The Bertz CT molecular complexity index is 1210. The van der Waals surface area contributed by atoms with Crippen molar-refractivity contribution in [1.82, 2.24) is 5.32 Å². The normalized spacial score (nSPS) is 14.9. The smallest absolute Gasteiger partial charge is 0.335 e. The lowest BCUT2D eigenvalue weighted by Crippen LogP contribution is -2.54. The molecule has 7 heteroatoms. The van der Waals surface area contributed by atoms with E-state index >= 15 is 0 Å². The molecule has 4 amide bonds. The van der Waals surface area contributed by atoms with Crippen molar-refractivity contribution in [2.75, 3.05) is 12.0 Å². The van der Waals surface area contributed by atoms with E-state index in [4.69, 9.17) is 9.47 Å². The second-order valence-electron chi connectivity index (χ2n) is 7.50. The third-order valence-electron chi connectivity index (χ3n) is 5.15. The van der Waals surface area contributed by atoms with E-state index in [1.54, 1.807) is 48.5 Å². The van der Waals surface area contributed by atoms with Crippen LogP contribution in [0.2, 0.25) is 0 Å². The summed E-state index contributed by atoms with van der Waals surface area (Å²) in [5, 5.41) is 2.21. The molecule has 0 saturated carbocycles. The van der Waals surface area contributed by atoms with E-state index in [2.05, 4.69) is 5.32 Å². The molecule has 1 N–H and O–H groups in total. The molecule has 0 aliphatic carbocycles. The minimum Gasteiger partial charge on any atom is -0.497 e. The van der Waals surface area contributed by atoms with Crippen LogP contribution in [0.1, 0.15) is 16.7 Å². The highest BCUT2D eigenvalue weighted by Crippen LogP contribution is 2.24. The maximum Gasteiger partial charge on any atom is 0.335 e. The first kappa shape index (κ1) is 21.8. The predicted octanol–water partition coefficient (Wildman–Crippen LogP) is 4.25. The molecule has 1 fully saturated rings. The number of ether oxygens (including phenoxy) is 2. The Hall–Kier alpha value is -4.39. The number of hydrogen-bond acceptors (Lipinski definition) is 5. The minimum absolute atomic E-state index is 0.140. The number of hydrogen-bond donors (Lipinski definition) is 1. The number of imide groups is 2. The van der Waals surface area contributed by atoms with Crippen molar-refractivity contribution in [1.29, 1.82) is 0 Å². The Kier molecular flexibility index (Phi) is 6.22. The lowest BCUT2D eigenvalue weighted by Gasteiger charge is -2.26. The molecule has 4 rings (SSSR count). The molecule has 7 nitrogen and oxygen atoms in total. The lowest BCUT2D eigenvalue weighted by molar-refractivity contribution is -0.122. The van der Waals surface area contributed by atoms with Crippen molar-refractivity contribution in [2.45, 2.75) is 13.5 Å². The van der Waals surface area contributed by atoms with Crippen LogP contribution in [0.25, 0.3) is 6.08 Å². The Morgan fingerprint density at radius 3 is 2.12 bits per heavy atom. The van der Waals surface area contributed by atoms with Gasteiger partial charge < -0.3 is 9.47 Å². The topological polar surface area (TPSA) is 84.9 Å². The average Bonchev–Trinajstić information content (AvgIpc) is 2.82. The van der Waals surface area contributed by atoms with Crippen molar-refractivity contribution in [2.24, 2.45) is 0 Å². The molecular formula is C26H22N2O5. The summed E-state index contributed by atoms with van der Waals surface area (Å²) in [7, 11) is 1.52.